The zero-order chi connectivity index (χ0) is 24.5. The third-order valence-corrected chi connectivity index (χ3v) is 7.51. The van der Waals surface area contributed by atoms with Gasteiger partial charge in [0.2, 0.25) is 0 Å². The number of amides is 1. The lowest BCUT2D eigenvalue weighted by Gasteiger charge is -2.21. The van der Waals surface area contributed by atoms with Crippen LogP contribution >= 0.6 is 11.3 Å². The van der Waals surface area contributed by atoms with Gasteiger partial charge in [0.05, 0.1) is 37.1 Å². The molecular weight excluding hydrogens is 476 g/mol. The van der Waals surface area contributed by atoms with Crippen molar-refractivity contribution in [3.63, 3.8) is 0 Å². The zero-order valence-electron chi connectivity index (χ0n) is 19.9. The van der Waals surface area contributed by atoms with Gasteiger partial charge in [-0.3, -0.25) is 4.79 Å². The summed E-state index contributed by atoms with van der Waals surface area (Å²) in [6.45, 7) is 2.49. The molecule has 0 radical (unpaired) electrons. The first kappa shape index (κ1) is 22.8. The average Bonchev–Trinajstić information content (AvgIpc) is 3.53. The molecule has 1 saturated heterocycles. The molecular formula is C28H26N2O5S. The monoisotopic (exact) mass is 502 g/mol. The van der Waals surface area contributed by atoms with E-state index in [1.54, 1.807) is 24.5 Å². The molecule has 0 saturated carbocycles. The van der Waals surface area contributed by atoms with Crippen LogP contribution in [0.25, 0.3) is 20.8 Å². The second kappa shape index (κ2) is 9.79. The molecule has 4 aromatic rings. The maximum absolute atomic E-state index is 13.4. The number of fused-ring (bicyclic) bond motifs is 2. The van der Waals surface area contributed by atoms with E-state index in [4.69, 9.17) is 23.9 Å². The topological polar surface area (TPSA) is 70.1 Å². The highest BCUT2D eigenvalue weighted by Gasteiger charge is 2.27. The van der Waals surface area contributed by atoms with Crippen LogP contribution in [0.5, 0.6) is 17.2 Å². The maximum atomic E-state index is 13.4. The zero-order valence-corrected chi connectivity index (χ0v) is 20.8. The van der Waals surface area contributed by atoms with Crippen molar-refractivity contribution in [3.8, 4) is 27.8 Å². The molecule has 1 fully saturated rings. The number of hydrogen-bond acceptors (Lipinski definition) is 7. The number of carbonyl (C=O) groups is 1. The van der Waals surface area contributed by atoms with Crippen LogP contribution in [0.3, 0.4) is 0 Å². The minimum absolute atomic E-state index is 0.0268. The highest BCUT2D eigenvalue weighted by Crippen LogP contribution is 2.41. The molecule has 0 spiro atoms. The number of aromatic nitrogens is 1. The summed E-state index contributed by atoms with van der Waals surface area (Å²) in [4.78, 5) is 20.1. The molecule has 6 rings (SSSR count). The van der Waals surface area contributed by atoms with Crippen molar-refractivity contribution >= 4 is 27.5 Å². The van der Waals surface area contributed by atoms with Gasteiger partial charge in [-0.05, 0) is 42.5 Å². The van der Waals surface area contributed by atoms with Gasteiger partial charge in [-0.25, -0.2) is 4.98 Å². The van der Waals surface area contributed by atoms with E-state index in [-0.39, 0.29) is 12.0 Å². The Bertz CT molecular complexity index is 1380. The van der Waals surface area contributed by atoms with Crippen molar-refractivity contribution in [2.45, 2.75) is 19.1 Å². The minimum atomic E-state index is -0.0672. The molecule has 7 nitrogen and oxygen atoms in total. The summed E-state index contributed by atoms with van der Waals surface area (Å²) < 4.78 is 24.6. The summed E-state index contributed by atoms with van der Waals surface area (Å²) in [5, 5.41) is 0.904. The Morgan fingerprint density at radius 1 is 1.11 bits per heavy atom. The molecule has 3 aromatic carbocycles. The number of nitrogens with zero attached hydrogens (tertiary/aromatic N) is 2. The molecule has 36 heavy (non-hydrogen) atoms. The van der Waals surface area contributed by atoms with Crippen LogP contribution in [-0.4, -0.2) is 55.4 Å². The van der Waals surface area contributed by atoms with Crippen LogP contribution in [0.1, 0.15) is 22.3 Å². The fraction of sp³-hybridized carbons (Fsp3) is 0.286. The fourth-order valence-corrected chi connectivity index (χ4v) is 5.54. The summed E-state index contributed by atoms with van der Waals surface area (Å²) in [5.41, 5.74) is 3.39. The van der Waals surface area contributed by atoms with Gasteiger partial charge in [0, 0.05) is 29.7 Å². The van der Waals surface area contributed by atoms with Crippen molar-refractivity contribution in [1.82, 2.24) is 9.88 Å². The lowest BCUT2D eigenvalue weighted by atomic mass is 10.1. The number of carbonyl (C=O) groups excluding carboxylic acids is 1. The third kappa shape index (κ3) is 4.50. The van der Waals surface area contributed by atoms with Gasteiger partial charge < -0.3 is 23.8 Å². The van der Waals surface area contributed by atoms with E-state index < -0.39 is 0 Å². The lowest BCUT2D eigenvalue weighted by molar-refractivity contribution is 0.0732. The summed E-state index contributed by atoms with van der Waals surface area (Å²) >= 11 is 1.64. The highest BCUT2D eigenvalue weighted by molar-refractivity contribution is 7.21. The van der Waals surface area contributed by atoms with Crippen LogP contribution in [0.15, 0.2) is 60.7 Å². The number of ether oxygens (including phenoxy) is 4. The molecule has 2 aliphatic rings. The van der Waals surface area contributed by atoms with Crippen molar-refractivity contribution < 1.29 is 23.7 Å². The number of thiazole rings is 1. The largest absolute Gasteiger partial charge is 0.497 e. The Morgan fingerprint density at radius 3 is 2.86 bits per heavy atom. The SMILES string of the molecule is COc1cccc(C(=O)N2CCOc3c(cc(-c4nc5ccccc5s4)cc3O[C@@H]3CCOC3)C2)c1. The first-order valence-electron chi connectivity index (χ1n) is 12.0. The molecule has 2 aliphatic heterocycles. The maximum Gasteiger partial charge on any atom is 0.254 e. The van der Waals surface area contributed by atoms with E-state index in [1.165, 1.54) is 0 Å². The highest BCUT2D eigenvalue weighted by atomic mass is 32.1. The predicted octanol–water partition coefficient (Wildman–Crippen LogP) is 5.17. The second-order valence-electron chi connectivity index (χ2n) is 8.86. The Hall–Kier alpha value is -3.62. The number of rotatable bonds is 5. The molecule has 1 amide bonds. The van der Waals surface area contributed by atoms with Gasteiger partial charge in [-0.1, -0.05) is 18.2 Å². The first-order chi connectivity index (χ1) is 17.7. The van der Waals surface area contributed by atoms with Crippen LogP contribution in [0.2, 0.25) is 0 Å². The Labute approximate surface area is 213 Å². The minimum Gasteiger partial charge on any atom is -0.497 e. The molecule has 0 unspecified atom stereocenters. The van der Waals surface area contributed by atoms with Gasteiger partial charge in [0.25, 0.3) is 5.91 Å². The van der Waals surface area contributed by atoms with Gasteiger partial charge in [-0.15, -0.1) is 11.3 Å². The fourth-order valence-electron chi connectivity index (χ4n) is 4.59. The molecule has 1 aromatic heterocycles. The Kier molecular flexibility index (Phi) is 6.21. The number of para-hydroxylation sites is 1. The molecule has 184 valence electrons. The van der Waals surface area contributed by atoms with Gasteiger partial charge >= 0.3 is 0 Å². The van der Waals surface area contributed by atoms with Crippen LogP contribution < -0.4 is 14.2 Å². The Morgan fingerprint density at radius 2 is 2.03 bits per heavy atom. The van der Waals surface area contributed by atoms with Crippen LogP contribution in [-0.2, 0) is 11.3 Å². The molecule has 1 atom stereocenters. The summed E-state index contributed by atoms with van der Waals surface area (Å²) in [5.74, 6) is 1.95. The van der Waals surface area contributed by atoms with E-state index in [0.29, 0.717) is 55.7 Å². The molecule has 0 aliphatic carbocycles. The van der Waals surface area contributed by atoms with Crippen LogP contribution in [0.4, 0.5) is 0 Å². The first-order valence-corrected chi connectivity index (χ1v) is 12.8. The number of benzene rings is 3. The Balaban J connectivity index is 1.39. The van der Waals surface area contributed by atoms with Gasteiger partial charge in [-0.2, -0.15) is 0 Å². The van der Waals surface area contributed by atoms with Crippen molar-refractivity contribution in [1.29, 1.82) is 0 Å². The average molecular weight is 503 g/mol. The van der Waals surface area contributed by atoms with Crippen molar-refractivity contribution in [2.75, 3.05) is 33.5 Å². The quantitative estimate of drug-likeness (QED) is 0.375. The normalized spacial score (nSPS) is 17.4. The number of methoxy groups -OCH3 is 1. The second-order valence-corrected chi connectivity index (χ2v) is 9.89. The number of hydrogen-bond donors (Lipinski definition) is 0. The van der Waals surface area contributed by atoms with E-state index in [1.807, 2.05) is 47.4 Å². The van der Waals surface area contributed by atoms with Crippen molar-refractivity contribution in [3.05, 3.63) is 71.8 Å². The summed E-state index contributed by atoms with van der Waals surface area (Å²) in [6, 6.07) is 19.4. The van der Waals surface area contributed by atoms with Crippen molar-refractivity contribution in [2.24, 2.45) is 0 Å². The van der Waals surface area contributed by atoms with Gasteiger partial charge in [0.1, 0.15) is 23.5 Å². The van der Waals surface area contributed by atoms with E-state index in [2.05, 4.69) is 12.1 Å². The smallest absolute Gasteiger partial charge is 0.254 e. The molecule has 0 N–H and O–H groups in total. The lowest BCUT2D eigenvalue weighted by Crippen LogP contribution is -2.32. The summed E-state index contributed by atoms with van der Waals surface area (Å²) in [7, 11) is 1.60. The van der Waals surface area contributed by atoms with E-state index in [9.17, 15) is 4.79 Å². The van der Waals surface area contributed by atoms with E-state index >= 15 is 0 Å². The van der Waals surface area contributed by atoms with E-state index in [0.717, 1.165) is 32.8 Å². The van der Waals surface area contributed by atoms with Crippen LogP contribution in [0, 0.1) is 0 Å². The van der Waals surface area contributed by atoms with Gasteiger partial charge in [0.15, 0.2) is 11.5 Å². The molecule has 0 bridgehead atoms. The summed E-state index contributed by atoms with van der Waals surface area (Å²) in [6.07, 6.45) is 0.807. The third-order valence-electron chi connectivity index (χ3n) is 6.43. The molecule has 8 heteroatoms. The molecule has 3 heterocycles. The standard InChI is InChI=1S/C28H26N2O5S/c1-32-21-6-4-5-18(14-21)28(31)30-10-12-34-26-20(16-30)13-19(15-24(26)35-22-9-11-33-17-22)27-29-23-7-2-3-8-25(23)36-27/h2-8,13-15,22H,9-12,16-17H2,1H3/t22-/m1/s1. The predicted molar refractivity (Wildman–Crippen MR) is 138 cm³/mol.